The second kappa shape index (κ2) is 3.93. The van der Waals surface area contributed by atoms with Gasteiger partial charge in [0.15, 0.2) is 0 Å². The standard InChI is InChI=1S/C16H12ClN3/c1-9-10-3-6-19-16(17)12(10)7-11-13-8-18-5-4-14(13)20(2)15(9)11/h3-8H,1-2H3. The zero-order valence-electron chi connectivity index (χ0n) is 11.2. The van der Waals surface area contributed by atoms with Crippen LogP contribution in [0.15, 0.2) is 36.8 Å². The molecule has 4 rings (SSSR count). The van der Waals surface area contributed by atoms with E-state index < -0.39 is 0 Å². The maximum absolute atomic E-state index is 6.25. The maximum Gasteiger partial charge on any atom is 0.136 e. The van der Waals surface area contributed by atoms with E-state index in [0.717, 1.165) is 16.2 Å². The average molecular weight is 282 g/mol. The molecule has 0 amide bonds. The van der Waals surface area contributed by atoms with Crippen molar-refractivity contribution in [2.24, 2.45) is 7.05 Å². The lowest BCUT2D eigenvalue weighted by atomic mass is 10.0. The quantitative estimate of drug-likeness (QED) is 0.451. The fourth-order valence-corrected chi connectivity index (χ4v) is 3.31. The minimum Gasteiger partial charge on any atom is -0.343 e. The van der Waals surface area contributed by atoms with Crippen LogP contribution in [0.1, 0.15) is 5.56 Å². The van der Waals surface area contributed by atoms with Gasteiger partial charge in [-0.15, -0.1) is 0 Å². The molecular weight excluding hydrogens is 270 g/mol. The molecule has 4 heteroatoms. The Morgan fingerprint density at radius 2 is 1.90 bits per heavy atom. The molecule has 0 spiro atoms. The van der Waals surface area contributed by atoms with Crippen LogP contribution in [0.25, 0.3) is 32.6 Å². The number of rotatable bonds is 0. The van der Waals surface area contributed by atoms with E-state index in [1.165, 1.54) is 22.0 Å². The number of hydrogen-bond donors (Lipinski definition) is 0. The van der Waals surface area contributed by atoms with E-state index in [0.29, 0.717) is 5.15 Å². The molecule has 20 heavy (non-hydrogen) atoms. The Hall–Kier alpha value is -2.13. The Morgan fingerprint density at radius 1 is 1.05 bits per heavy atom. The third-order valence-corrected chi connectivity index (χ3v) is 4.33. The fourth-order valence-electron chi connectivity index (χ4n) is 3.10. The largest absolute Gasteiger partial charge is 0.343 e. The highest BCUT2D eigenvalue weighted by Crippen LogP contribution is 2.35. The van der Waals surface area contributed by atoms with E-state index in [2.05, 4.69) is 34.6 Å². The van der Waals surface area contributed by atoms with Crippen molar-refractivity contribution in [2.75, 3.05) is 0 Å². The molecule has 0 aliphatic carbocycles. The Balaban J connectivity index is 2.38. The first kappa shape index (κ1) is 11.7. The Bertz CT molecular complexity index is 985. The molecule has 0 unspecified atom stereocenters. The first-order valence-electron chi connectivity index (χ1n) is 6.44. The van der Waals surface area contributed by atoms with Gasteiger partial charge >= 0.3 is 0 Å². The number of benzene rings is 1. The van der Waals surface area contributed by atoms with Gasteiger partial charge in [-0.3, -0.25) is 4.98 Å². The van der Waals surface area contributed by atoms with E-state index in [-0.39, 0.29) is 0 Å². The van der Waals surface area contributed by atoms with E-state index in [4.69, 9.17) is 11.6 Å². The molecule has 0 radical (unpaired) electrons. The summed E-state index contributed by atoms with van der Waals surface area (Å²) in [5.74, 6) is 0. The van der Waals surface area contributed by atoms with Gasteiger partial charge in [0.1, 0.15) is 5.15 Å². The van der Waals surface area contributed by atoms with Crippen molar-refractivity contribution in [1.82, 2.24) is 14.5 Å². The number of pyridine rings is 2. The molecule has 0 aliphatic rings. The first-order chi connectivity index (χ1) is 9.68. The van der Waals surface area contributed by atoms with Gasteiger partial charge in [-0.05, 0) is 36.1 Å². The van der Waals surface area contributed by atoms with Gasteiger partial charge in [0.05, 0.1) is 11.0 Å². The summed E-state index contributed by atoms with van der Waals surface area (Å²) in [6, 6.07) is 6.18. The van der Waals surface area contributed by atoms with Gasteiger partial charge in [-0.1, -0.05) is 11.6 Å². The van der Waals surface area contributed by atoms with Crippen LogP contribution in [0.5, 0.6) is 0 Å². The van der Waals surface area contributed by atoms with Crippen molar-refractivity contribution in [1.29, 1.82) is 0 Å². The SMILES string of the molecule is Cc1c2ccnc(Cl)c2cc2c3cnccc3n(C)c12. The Labute approximate surface area is 120 Å². The zero-order valence-corrected chi connectivity index (χ0v) is 11.9. The van der Waals surface area contributed by atoms with Crippen molar-refractivity contribution in [2.45, 2.75) is 6.92 Å². The molecular formula is C16H12ClN3. The van der Waals surface area contributed by atoms with Gasteiger partial charge in [0, 0.05) is 41.8 Å². The molecule has 0 saturated heterocycles. The van der Waals surface area contributed by atoms with Crippen LogP contribution in [0.2, 0.25) is 5.15 Å². The van der Waals surface area contributed by atoms with E-state index in [1.807, 2.05) is 24.5 Å². The summed E-state index contributed by atoms with van der Waals surface area (Å²) in [6.07, 6.45) is 5.49. The molecule has 0 saturated carbocycles. The highest BCUT2D eigenvalue weighted by molar-refractivity contribution is 6.35. The molecule has 0 fully saturated rings. The Kier molecular flexibility index (Phi) is 2.30. The zero-order chi connectivity index (χ0) is 13.9. The fraction of sp³-hybridized carbons (Fsp3) is 0.125. The summed E-state index contributed by atoms with van der Waals surface area (Å²) in [4.78, 5) is 8.43. The van der Waals surface area contributed by atoms with Gasteiger partial charge < -0.3 is 4.57 Å². The third-order valence-electron chi connectivity index (χ3n) is 4.03. The molecule has 0 atom stereocenters. The van der Waals surface area contributed by atoms with Crippen LogP contribution in [0.3, 0.4) is 0 Å². The van der Waals surface area contributed by atoms with Crippen molar-refractivity contribution < 1.29 is 0 Å². The number of fused-ring (bicyclic) bond motifs is 4. The molecule has 3 aromatic heterocycles. The summed E-state index contributed by atoms with van der Waals surface area (Å²) in [6.45, 7) is 2.13. The molecule has 4 aromatic rings. The summed E-state index contributed by atoms with van der Waals surface area (Å²) >= 11 is 6.25. The number of nitrogens with zero attached hydrogens (tertiary/aromatic N) is 3. The highest BCUT2D eigenvalue weighted by Gasteiger charge is 2.14. The van der Waals surface area contributed by atoms with Crippen LogP contribution >= 0.6 is 11.6 Å². The van der Waals surface area contributed by atoms with Crippen LogP contribution in [-0.4, -0.2) is 14.5 Å². The lowest BCUT2D eigenvalue weighted by molar-refractivity contribution is 1.01. The van der Waals surface area contributed by atoms with Crippen molar-refractivity contribution in [3.8, 4) is 0 Å². The molecule has 3 nitrogen and oxygen atoms in total. The van der Waals surface area contributed by atoms with Crippen LogP contribution in [0, 0.1) is 6.92 Å². The summed E-state index contributed by atoms with van der Waals surface area (Å²) < 4.78 is 2.22. The molecule has 3 heterocycles. The predicted molar refractivity (Wildman–Crippen MR) is 83.3 cm³/mol. The van der Waals surface area contributed by atoms with Crippen LogP contribution in [-0.2, 0) is 7.05 Å². The lowest BCUT2D eigenvalue weighted by Gasteiger charge is -2.07. The van der Waals surface area contributed by atoms with Gasteiger partial charge in [0.25, 0.3) is 0 Å². The topological polar surface area (TPSA) is 30.7 Å². The average Bonchev–Trinajstić information content (AvgIpc) is 2.75. The van der Waals surface area contributed by atoms with Gasteiger partial charge in [-0.25, -0.2) is 4.98 Å². The normalized spacial score (nSPS) is 11.8. The van der Waals surface area contributed by atoms with Crippen molar-refractivity contribution >= 4 is 44.2 Å². The molecule has 0 bridgehead atoms. The van der Waals surface area contributed by atoms with E-state index in [9.17, 15) is 0 Å². The number of aryl methyl sites for hydroxylation is 2. The van der Waals surface area contributed by atoms with Gasteiger partial charge in [-0.2, -0.15) is 0 Å². The Morgan fingerprint density at radius 3 is 2.75 bits per heavy atom. The smallest absolute Gasteiger partial charge is 0.136 e. The summed E-state index contributed by atoms with van der Waals surface area (Å²) in [5.41, 5.74) is 3.63. The molecule has 1 aromatic carbocycles. The molecule has 0 aliphatic heterocycles. The number of aromatic nitrogens is 3. The van der Waals surface area contributed by atoms with Gasteiger partial charge in [0.2, 0.25) is 0 Å². The summed E-state index contributed by atoms with van der Waals surface area (Å²) in [5, 5.41) is 5.02. The minimum absolute atomic E-state index is 0.549. The third kappa shape index (κ3) is 1.36. The van der Waals surface area contributed by atoms with Crippen molar-refractivity contribution in [3.05, 3.63) is 47.5 Å². The first-order valence-corrected chi connectivity index (χ1v) is 6.82. The van der Waals surface area contributed by atoms with Crippen LogP contribution in [0.4, 0.5) is 0 Å². The maximum atomic E-state index is 6.25. The van der Waals surface area contributed by atoms with Crippen LogP contribution < -0.4 is 0 Å². The minimum atomic E-state index is 0.549. The molecule has 0 N–H and O–H groups in total. The highest BCUT2D eigenvalue weighted by atomic mass is 35.5. The predicted octanol–water partition coefficient (Wildman–Crippen LogP) is 4.24. The molecule has 98 valence electrons. The lowest BCUT2D eigenvalue weighted by Crippen LogP contribution is -1.91. The summed E-state index contributed by atoms with van der Waals surface area (Å²) in [7, 11) is 2.09. The van der Waals surface area contributed by atoms with Crippen molar-refractivity contribution in [3.63, 3.8) is 0 Å². The second-order valence-corrected chi connectivity index (χ2v) is 5.40. The monoisotopic (exact) mass is 281 g/mol. The number of hydrogen-bond acceptors (Lipinski definition) is 2. The second-order valence-electron chi connectivity index (χ2n) is 5.05. The number of halogens is 1. The van der Waals surface area contributed by atoms with E-state index in [1.54, 1.807) is 6.20 Å². The van der Waals surface area contributed by atoms with E-state index >= 15 is 0 Å².